The maximum atomic E-state index is 9.43. The van der Waals surface area contributed by atoms with Crippen molar-refractivity contribution < 1.29 is 9.94 Å². The molecule has 0 rings (SSSR count). The van der Waals surface area contributed by atoms with Crippen molar-refractivity contribution in [1.82, 2.24) is 10.4 Å². The van der Waals surface area contributed by atoms with Crippen molar-refractivity contribution in [3.05, 3.63) is 0 Å². The minimum absolute atomic E-state index is 0.357. The van der Waals surface area contributed by atoms with Crippen LogP contribution in [-0.2, 0) is 4.84 Å². The molecule has 1 atom stereocenters. The van der Waals surface area contributed by atoms with Gasteiger partial charge in [-0.3, -0.25) is 0 Å². The second-order valence-electron chi connectivity index (χ2n) is 2.69. The number of aliphatic hydroxyl groups is 1. The van der Waals surface area contributed by atoms with Crippen LogP contribution in [0.15, 0.2) is 0 Å². The predicted octanol–water partition coefficient (Wildman–Crippen LogP) is -0.160. The molecule has 0 aromatic carbocycles. The van der Waals surface area contributed by atoms with Gasteiger partial charge in [-0.15, -0.1) is 0 Å². The van der Waals surface area contributed by atoms with E-state index in [1.54, 1.807) is 7.11 Å². The molecular weight excluding hydrogens is 156 g/mol. The molecule has 0 aromatic rings. The molecule has 0 aliphatic carbocycles. The molecule has 2 N–H and O–H groups in total. The highest BCUT2D eigenvalue weighted by atomic mass is 16.6. The summed E-state index contributed by atoms with van der Waals surface area (Å²) in [6.07, 6.45) is -0.357. The van der Waals surface area contributed by atoms with E-state index < -0.39 is 0 Å². The maximum absolute atomic E-state index is 9.43. The zero-order valence-corrected chi connectivity index (χ0v) is 8.21. The summed E-state index contributed by atoms with van der Waals surface area (Å²) in [5, 5.41) is 9.43. The van der Waals surface area contributed by atoms with Gasteiger partial charge in [0, 0.05) is 13.1 Å². The molecule has 4 nitrogen and oxygen atoms in total. The summed E-state index contributed by atoms with van der Waals surface area (Å²) >= 11 is 0. The number of nitrogens with zero attached hydrogens (tertiary/aromatic N) is 1. The third kappa shape index (κ3) is 5.49. The van der Waals surface area contributed by atoms with Crippen molar-refractivity contribution in [2.75, 3.05) is 33.3 Å². The van der Waals surface area contributed by atoms with Gasteiger partial charge in [0.2, 0.25) is 0 Å². The zero-order chi connectivity index (χ0) is 9.40. The Bertz CT molecular complexity index is 97.1. The van der Waals surface area contributed by atoms with Gasteiger partial charge in [-0.05, 0) is 13.1 Å². The molecule has 0 saturated heterocycles. The molecule has 0 aliphatic heterocycles. The van der Waals surface area contributed by atoms with E-state index in [-0.39, 0.29) is 6.10 Å². The van der Waals surface area contributed by atoms with Crippen LogP contribution in [0.25, 0.3) is 0 Å². The minimum Gasteiger partial charge on any atom is -0.390 e. The van der Waals surface area contributed by atoms with E-state index in [0.717, 1.165) is 13.1 Å². The Kier molecular flexibility index (Phi) is 7.39. The largest absolute Gasteiger partial charge is 0.390 e. The number of hydrogen-bond acceptors (Lipinski definition) is 4. The van der Waals surface area contributed by atoms with E-state index >= 15 is 0 Å². The van der Waals surface area contributed by atoms with Crippen molar-refractivity contribution in [2.24, 2.45) is 0 Å². The molecule has 0 bridgehead atoms. The lowest BCUT2D eigenvalue weighted by molar-refractivity contribution is 0.0369. The molecular formula is C8H20N2O2. The normalized spacial score (nSPS) is 13.8. The SMILES string of the molecule is CCN(CC)CC(O)CNOC. The zero-order valence-electron chi connectivity index (χ0n) is 8.21. The third-order valence-corrected chi connectivity index (χ3v) is 1.83. The number of hydroxylamine groups is 1. The Balaban J connectivity index is 3.44. The molecule has 0 spiro atoms. The molecule has 0 fully saturated rings. The van der Waals surface area contributed by atoms with Crippen molar-refractivity contribution in [1.29, 1.82) is 0 Å². The Morgan fingerprint density at radius 3 is 2.42 bits per heavy atom. The molecule has 12 heavy (non-hydrogen) atoms. The lowest BCUT2D eigenvalue weighted by Crippen LogP contribution is -2.37. The number of hydrogen-bond donors (Lipinski definition) is 2. The van der Waals surface area contributed by atoms with Crippen molar-refractivity contribution >= 4 is 0 Å². The lowest BCUT2D eigenvalue weighted by Gasteiger charge is -2.21. The fourth-order valence-corrected chi connectivity index (χ4v) is 1.02. The summed E-state index contributed by atoms with van der Waals surface area (Å²) in [4.78, 5) is 6.80. The van der Waals surface area contributed by atoms with Gasteiger partial charge in [0.1, 0.15) is 0 Å². The molecule has 0 aliphatic rings. The molecule has 4 heteroatoms. The van der Waals surface area contributed by atoms with E-state index in [0.29, 0.717) is 13.1 Å². The van der Waals surface area contributed by atoms with E-state index in [4.69, 9.17) is 0 Å². The molecule has 0 saturated carbocycles. The fourth-order valence-electron chi connectivity index (χ4n) is 1.02. The highest BCUT2D eigenvalue weighted by Gasteiger charge is 2.07. The topological polar surface area (TPSA) is 44.7 Å². The molecule has 1 unspecified atom stereocenters. The third-order valence-electron chi connectivity index (χ3n) is 1.83. The summed E-state index contributed by atoms with van der Waals surface area (Å²) in [5.74, 6) is 0. The van der Waals surface area contributed by atoms with Gasteiger partial charge < -0.3 is 14.8 Å². The monoisotopic (exact) mass is 176 g/mol. The Hall–Kier alpha value is -0.160. The van der Waals surface area contributed by atoms with Crippen LogP contribution < -0.4 is 5.48 Å². The van der Waals surface area contributed by atoms with E-state index in [9.17, 15) is 5.11 Å². The van der Waals surface area contributed by atoms with Gasteiger partial charge in [-0.25, -0.2) is 5.48 Å². The molecule has 0 amide bonds. The highest BCUT2D eigenvalue weighted by Crippen LogP contribution is 1.90. The Morgan fingerprint density at radius 1 is 1.42 bits per heavy atom. The van der Waals surface area contributed by atoms with E-state index in [2.05, 4.69) is 29.1 Å². The van der Waals surface area contributed by atoms with Crippen LogP contribution in [0.1, 0.15) is 13.8 Å². The van der Waals surface area contributed by atoms with Gasteiger partial charge in [-0.2, -0.15) is 0 Å². The quantitative estimate of drug-likeness (QED) is 0.529. The summed E-state index contributed by atoms with van der Waals surface area (Å²) in [6.45, 7) is 7.29. The summed E-state index contributed by atoms with van der Waals surface area (Å²) < 4.78 is 0. The maximum Gasteiger partial charge on any atom is 0.0814 e. The number of likely N-dealkylation sites (N-methyl/N-ethyl adjacent to an activating group) is 1. The molecule has 0 aromatic heterocycles. The molecule has 0 radical (unpaired) electrons. The van der Waals surface area contributed by atoms with Crippen molar-refractivity contribution in [3.63, 3.8) is 0 Å². The van der Waals surface area contributed by atoms with Crippen LogP contribution in [0.5, 0.6) is 0 Å². The van der Waals surface area contributed by atoms with Gasteiger partial charge in [-0.1, -0.05) is 13.8 Å². The van der Waals surface area contributed by atoms with Gasteiger partial charge >= 0.3 is 0 Å². The van der Waals surface area contributed by atoms with Crippen LogP contribution in [-0.4, -0.2) is 49.4 Å². The average Bonchev–Trinajstić information content (AvgIpc) is 2.10. The van der Waals surface area contributed by atoms with Crippen LogP contribution in [0.3, 0.4) is 0 Å². The Morgan fingerprint density at radius 2 is 2.00 bits per heavy atom. The summed E-state index contributed by atoms with van der Waals surface area (Å²) in [7, 11) is 1.55. The summed E-state index contributed by atoms with van der Waals surface area (Å²) in [5.41, 5.74) is 2.62. The first-order chi connectivity index (χ1) is 5.74. The first-order valence-electron chi connectivity index (χ1n) is 4.40. The van der Waals surface area contributed by atoms with E-state index in [1.807, 2.05) is 0 Å². The fraction of sp³-hybridized carbons (Fsp3) is 1.00. The standard InChI is InChI=1S/C8H20N2O2/c1-4-10(5-2)7-8(11)6-9-12-3/h8-9,11H,4-7H2,1-3H3. The number of aliphatic hydroxyl groups excluding tert-OH is 1. The minimum atomic E-state index is -0.357. The van der Waals surface area contributed by atoms with Crippen molar-refractivity contribution in [2.45, 2.75) is 20.0 Å². The lowest BCUT2D eigenvalue weighted by atomic mass is 10.3. The average molecular weight is 176 g/mol. The number of nitrogens with one attached hydrogen (secondary N) is 1. The molecule has 74 valence electrons. The first kappa shape index (κ1) is 11.8. The number of rotatable bonds is 7. The van der Waals surface area contributed by atoms with Gasteiger partial charge in [0.05, 0.1) is 13.2 Å². The van der Waals surface area contributed by atoms with E-state index in [1.165, 1.54) is 0 Å². The first-order valence-corrected chi connectivity index (χ1v) is 4.40. The predicted molar refractivity (Wildman–Crippen MR) is 48.8 cm³/mol. The summed E-state index contributed by atoms with van der Waals surface area (Å²) in [6, 6.07) is 0. The van der Waals surface area contributed by atoms with Crippen LogP contribution in [0, 0.1) is 0 Å². The van der Waals surface area contributed by atoms with Gasteiger partial charge in [0.25, 0.3) is 0 Å². The van der Waals surface area contributed by atoms with Crippen molar-refractivity contribution in [3.8, 4) is 0 Å². The van der Waals surface area contributed by atoms with Crippen LogP contribution in [0.2, 0.25) is 0 Å². The van der Waals surface area contributed by atoms with Crippen LogP contribution >= 0.6 is 0 Å². The smallest absolute Gasteiger partial charge is 0.0814 e. The van der Waals surface area contributed by atoms with Gasteiger partial charge in [0.15, 0.2) is 0 Å². The highest BCUT2D eigenvalue weighted by molar-refractivity contribution is 4.62. The van der Waals surface area contributed by atoms with Crippen LogP contribution in [0.4, 0.5) is 0 Å². The Labute approximate surface area is 74.5 Å². The molecule has 0 heterocycles. The second kappa shape index (κ2) is 7.49. The second-order valence-corrected chi connectivity index (χ2v) is 2.69.